The van der Waals surface area contributed by atoms with Crippen molar-refractivity contribution in [2.24, 2.45) is 0 Å². The van der Waals surface area contributed by atoms with Crippen molar-refractivity contribution in [3.63, 3.8) is 0 Å². The molecule has 78 valence electrons. The molecule has 0 amide bonds. The Bertz CT molecular complexity index is 331. The van der Waals surface area contributed by atoms with E-state index in [1.807, 2.05) is 0 Å². The van der Waals surface area contributed by atoms with Gasteiger partial charge in [0.2, 0.25) is 0 Å². The highest BCUT2D eigenvalue weighted by atomic mass is 16.3. The molecule has 0 bridgehead atoms. The van der Waals surface area contributed by atoms with Gasteiger partial charge in [0.05, 0.1) is 17.8 Å². The molecule has 0 aromatic heterocycles. The molecule has 0 aliphatic carbocycles. The van der Waals surface area contributed by atoms with E-state index in [4.69, 9.17) is 0 Å². The lowest BCUT2D eigenvalue weighted by atomic mass is 10.0. The minimum Gasteiger partial charge on any atom is -0.507 e. The van der Waals surface area contributed by atoms with Crippen LogP contribution >= 0.6 is 0 Å². The van der Waals surface area contributed by atoms with Crippen LogP contribution in [0.5, 0.6) is 11.5 Å². The van der Waals surface area contributed by atoms with Crippen LogP contribution in [0, 0.1) is 0 Å². The number of hydrogen-bond acceptors (Lipinski definition) is 4. The van der Waals surface area contributed by atoms with Gasteiger partial charge in [-0.2, -0.15) is 0 Å². The lowest BCUT2D eigenvalue weighted by molar-refractivity contribution is 0.181. The van der Waals surface area contributed by atoms with E-state index in [0.717, 1.165) is 0 Å². The van der Waals surface area contributed by atoms with Gasteiger partial charge < -0.3 is 20.4 Å². The predicted molar refractivity (Wildman–Crippen MR) is 51.0 cm³/mol. The van der Waals surface area contributed by atoms with Crippen LogP contribution in [0.25, 0.3) is 0 Å². The fourth-order valence-electron chi connectivity index (χ4n) is 1.36. The molecule has 1 aromatic carbocycles. The van der Waals surface area contributed by atoms with E-state index in [9.17, 15) is 20.4 Å². The molecular formula is C10H14O4. The first-order valence-electron chi connectivity index (χ1n) is 4.36. The number of aliphatic hydroxyl groups is 2. The Labute approximate surface area is 82.1 Å². The Morgan fingerprint density at radius 1 is 1.00 bits per heavy atom. The lowest BCUT2D eigenvalue weighted by Gasteiger charge is -2.14. The predicted octanol–water partition coefficient (Wildman–Crippen LogP) is 1.20. The summed E-state index contributed by atoms with van der Waals surface area (Å²) in [5.41, 5.74) is 0.335. The molecule has 0 radical (unpaired) electrons. The summed E-state index contributed by atoms with van der Waals surface area (Å²) in [5, 5.41) is 37.6. The maximum absolute atomic E-state index is 9.63. The SMILES string of the molecule is CC(O)c1ccc(O)c(C(C)O)c1O. The van der Waals surface area contributed by atoms with E-state index in [0.29, 0.717) is 5.56 Å². The van der Waals surface area contributed by atoms with Gasteiger partial charge in [-0.3, -0.25) is 0 Å². The van der Waals surface area contributed by atoms with E-state index in [1.54, 1.807) is 0 Å². The number of hydrogen-bond donors (Lipinski definition) is 4. The minimum atomic E-state index is -0.978. The summed E-state index contributed by atoms with van der Waals surface area (Å²) in [5.74, 6) is -0.433. The molecule has 1 rings (SSSR count). The van der Waals surface area contributed by atoms with Crippen LogP contribution in [-0.2, 0) is 0 Å². The molecule has 0 aliphatic rings. The van der Waals surface area contributed by atoms with Crippen molar-refractivity contribution in [1.29, 1.82) is 0 Å². The molecular weight excluding hydrogens is 184 g/mol. The van der Waals surface area contributed by atoms with E-state index >= 15 is 0 Å². The summed E-state index contributed by atoms with van der Waals surface area (Å²) in [6.45, 7) is 2.93. The molecule has 4 nitrogen and oxygen atoms in total. The second-order valence-corrected chi connectivity index (χ2v) is 3.29. The van der Waals surface area contributed by atoms with Gasteiger partial charge in [0.15, 0.2) is 0 Å². The molecule has 4 heteroatoms. The van der Waals surface area contributed by atoms with Crippen molar-refractivity contribution in [2.75, 3.05) is 0 Å². The quantitative estimate of drug-likeness (QED) is 0.575. The summed E-state index contributed by atoms with van der Waals surface area (Å²) >= 11 is 0. The molecule has 1 aromatic rings. The van der Waals surface area contributed by atoms with Gasteiger partial charge in [-0.25, -0.2) is 0 Å². The first-order chi connectivity index (χ1) is 6.45. The molecule has 14 heavy (non-hydrogen) atoms. The normalized spacial score (nSPS) is 15.1. The first kappa shape index (κ1) is 10.8. The highest BCUT2D eigenvalue weighted by Crippen LogP contribution is 2.37. The molecule has 0 spiro atoms. The smallest absolute Gasteiger partial charge is 0.130 e. The van der Waals surface area contributed by atoms with Crippen LogP contribution in [0.4, 0.5) is 0 Å². The molecule has 0 heterocycles. The molecule has 0 fully saturated rings. The zero-order valence-corrected chi connectivity index (χ0v) is 8.10. The van der Waals surface area contributed by atoms with Crippen LogP contribution < -0.4 is 0 Å². The summed E-state index contributed by atoms with van der Waals surface area (Å²) in [7, 11) is 0. The summed E-state index contributed by atoms with van der Waals surface area (Å²) in [4.78, 5) is 0. The highest BCUT2D eigenvalue weighted by Gasteiger charge is 2.18. The maximum atomic E-state index is 9.63. The lowest BCUT2D eigenvalue weighted by Crippen LogP contribution is -1.98. The summed E-state index contributed by atoms with van der Waals surface area (Å²) in [6.07, 6.45) is -1.82. The van der Waals surface area contributed by atoms with Gasteiger partial charge in [0.25, 0.3) is 0 Å². The molecule has 2 atom stereocenters. The van der Waals surface area contributed by atoms with Gasteiger partial charge in [0, 0.05) is 5.56 Å². The average molecular weight is 198 g/mol. The third kappa shape index (κ3) is 1.81. The Hall–Kier alpha value is -1.26. The molecule has 0 aliphatic heterocycles. The van der Waals surface area contributed by atoms with Gasteiger partial charge in [-0.15, -0.1) is 0 Å². The van der Waals surface area contributed by atoms with Gasteiger partial charge in [0.1, 0.15) is 11.5 Å². The third-order valence-electron chi connectivity index (χ3n) is 2.09. The van der Waals surface area contributed by atoms with Gasteiger partial charge in [-0.05, 0) is 26.0 Å². The van der Waals surface area contributed by atoms with Crippen molar-refractivity contribution in [2.45, 2.75) is 26.1 Å². The summed E-state index contributed by atoms with van der Waals surface area (Å²) in [6, 6.07) is 2.76. The topological polar surface area (TPSA) is 80.9 Å². The Morgan fingerprint density at radius 2 is 1.57 bits per heavy atom. The number of aliphatic hydroxyl groups excluding tert-OH is 2. The molecule has 4 N–H and O–H groups in total. The van der Waals surface area contributed by atoms with E-state index in [-0.39, 0.29) is 17.1 Å². The zero-order valence-electron chi connectivity index (χ0n) is 8.10. The fraction of sp³-hybridized carbons (Fsp3) is 0.400. The summed E-state index contributed by atoms with van der Waals surface area (Å²) < 4.78 is 0. The monoisotopic (exact) mass is 198 g/mol. The third-order valence-corrected chi connectivity index (χ3v) is 2.09. The Kier molecular flexibility index (Phi) is 2.98. The molecule has 2 unspecified atom stereocenters. The van der Waals surface area contributed by atoms with Crippen LogP contribution in [0.2, 0.25) is 0 Å². The average Bonchev–Trinajstić information content (AvgIpc) is 2.02. The van der Waals surface area contributed by atoms with Crippen molar-refractivity contribution < 1.29 is 20.4 Å². The van der Waals surface area contributed by atoms with Crippen molar-refractivity contribution in [3.8, 4) is 11.5 Å². The second kappa shape index (κ2) is 3.86. The van der Waals surface area contributed by atoms with Gasteiger partial charge in [-0.1, -0.05) is 0 Å². The van der Waals surface area contributed by atoms with Crippen LogP contribution in [0.1, 0.15) is 37.2 Å². The standard InChI is InChI=1S/C10H14O4/c1-5(11)7-3-4-8(13)9(6(2)12)10(7)14/h3-6,11-14H,1-2H3. The molecule has 0 saturated heterocycles. The number of rotatable bonds is 2. The highest BCUT2D eigenvalue weighted by molar-refractivity contribution is 5.50. The fourth-order valence-corrected chi connectivity index (χ4v) is 1.36. The Balaban J connectivity index is 3.34. The van der Waals surface area contributed by atoms with E-state index < -0.39 is 12.2 Å². The van der Waals surface area contributed by atoms with Crippen molar-refractivity contribution >= 4 is 0 Å². The second-order valence-electron chi connectivity index (χ2n) is 3.29. The Morgan fingerprint density at radius 3 is 2.00 bits per heavy atom. The first-order valence-corrected chi connectivity index (χ1v) is 4.36. The van der Waals surface area contributed by atoms with Crippen LogP contribution in [0.15, 0.2) is 12.1 Å². The van der Waals surface area contributed by atoms with Crippen LogP contribution in [0.3, 0.4) is 0 Å². The number of benzene rings is 1. The zero-order chi connectivity index (χ0) is 10.9. The minimum absolute atomic E-state index is 0.0448. The van der Waals surface area contributed by atoms with Gasteiger partial charge >= 0.3 is 0 Å². The van der Waals surface area contributed by atoms with Crippen molar-refractivity contribution in [3.05, 3.63) is 23.3 Å². The molecule has 0 saturated carbocycles. The van der Waals surface area contributed by atoms with Crippen molar-refractivity contribution in [1.82, 2.24) is 0 Å². The van der Waals surface area contributed by atoms with E-state index in [2.05, 4.69) is 0 Å². The largest absolute Gasteiger partial charge is 0.507 e. The number of phenolic OH excluding ortho intramolecular Hbond substituents is 2. The van der Waals surface area contributed by atoms with Crippen LogP contribution in [-0.4, -0.2) is 20.4 Å². The maximum Gasteiger partial charge on any atom is 0.130 e. The number of aromatic hydroxyl groups is 2. The van der Waals surface area contributed by atoms with E-state index in [1.165, 1.54) is 26.0 Å². The number of phenols is 2.